The number of rotatable bonds is 7. The zero-order valence-electron chi connectivity index (χ0n) is 19.7. The van der Waals surface area contributed by atoms with E-state index in [1.807, 2.05) is 62.4 Å². The van der Waals surface area contributed by atoms with Crippen LogP contribution >= 0.6 is 0 Å². The van der Waals surface area contributed by atoms with Crippen LogP contribution in [0.15, 0.2) is 73.6 Å². The Morgan fingerprint density at radius 2 is 2.06 bits per heavy atom. The van der Waals surface area contributed by atoms with E-state index in [9.17, 15) is 9.90 Å². The van der Waals surface area contributed by atoms with E-state index in [4.69, 9.17) is 4.74 Å². The summed E-state index contributed by atoms with van der Waals surface area (Å²) in [6.07, 6.45) is 5.16. The number of nitrogens with zero attached hydrogens (tertiary/aromatic N) is 3. The van der Waals surface area contributed by atoms with Gasteiger partial charge in [-0.2, -0.15) is 5.10 Å². The summed E-state index contributed by atoms with van der Waals surface area (Å²) >= 11 is 0. The highest BCUT2D eigenvalue weighted by molar-refractivity contribution is 6.00. The summed E-state index contributed by atoms with van der Waals surface area (Å²) in [5.74, 6) is 0.683. The maximum atomic E-state index is 13.6. The summed E-state index contributed by atoms with van der Waals surface area (Å²) in [6, 6.07) is 14.9. The van der Waals surface area contributed by atoms with Crippen molar-refractivity contribution in [2.75, 3.05) is 6.61 Å². The fraction of sp³-hybridized carbons (Fsp3) is 0.179. The topological polar surface area (TPSA) is 91.3 Å². The maximum absolute atomic E-state index is 13.6. The van der Waals surface area contributed by atoms with Gasteiger partial charge in [0.1, 0.15) is 29.5 Å². The minimum absolute atomic E-state index is 0.157. The fourth-order valence-electron chi connectivity index (χ4n) is 4.67. The van der Waals surface area contributed by atoms with Crippen LogP contribution in [0.4, 0.5) is 0 Å². The molecule has 1 aliphatic rings. The van der Waals surface area contributed by atoms with Crippen LogP contribution in [0.1, 0.15) is 44.3 Å². The Hall–Kier alpha value is -4.39. The lowest BCUT2D eigenvalue weighted by molar-refractivity contribution is 0.0729. The van der Waals surface area contributed by atoms with Crippen molar-refractivity contribution in [2.24, 2.45) is 0 Å². The second-order valence-electron chi connectivity index (χ2n) is 8.71. The number of benzene rings is 2. The van der Waals surface area contributed by atoms with Gasteiger partial charge in [0.15, 0.2) is 0 Å². The molecule has 7 heteroatoms. The van der Waals surface area contributed by atoms with Crippen molar-refractivity contribution >= 4 is 5.91 Å². The van der Waals surface area contributed by atoms with Crippen molar-refractivity contribution in [3.8, 4) is 22.8 Å². The summed E-state index contributed by atoms with van der Waals surface area (Å²) in [4.78, 5) is 19.6. The van der Waals surface area contributed by atoms with E-state index in [0.29, 0.717) is 35.9 Å². The number of carbonyl (C=O) groups excluding carboxylic acids is 1. The predicted octanol–water partition coefficient (Wildman–Crippen LogP) is 5.10. The molecular formula is C28H26N4O3. The van der Waals surface area contributed by atoms with Gasteiger partial charge < -0.3 is 14.7 Å². The molecule has 35 heavy (non-hydrogen) atoms. The smallest absolute Gasteiger partial charge is 0.273 e. The molecule has 1 unspecified atom stereocenters. The van der Waals surface area contributed by atoms with Gasteiger partial charge in [-0.1, -0.05) is 36.9 Å². The van der Waals surface area contributed by atoms with Gasteiger partial charge >= 0.3 is 0 Å². The number of H-pyrrole nitrogens is 1. The van der Waals surface area contributed by atoms with Gasteiger partial charge in [-0.15, -0.1) is 0 Å². The third-order valence-electron chi connectivity index (χ3n) is 6.18. The Balaban J connectivity index is 1.67. The second kappa shape index (κ2) is 9.10. The molecule has 0 fully saturated rings. The Morgan fingerprint density at radius 1 is 1.20 bits per heavy atom. The number of fused-ring (bicyclic) bond motifs is 1. The van der Waals surface area contributed by atoms with Crippen LogP contribution in [0, 0.1) is 13.8 Å². The van der Waals surface area contributed by atoms with Crippen molar-refractivity contribution in [3.63, 3.8) is 0 Å². The van der Waals surface area contributed by atoms with E-state index >= 15 is 0 Å². The molecule has 176 valence electrons. The molecule has 1 atom stereocenters. The first-order valence-electron chi connectivity index (χ1n) is 11.4. The monoisotopic (exact) mass is 466 g/mol. The average Bonchev–Trinajstić information content (AvgIpc) is 3.40. The summed E-state index contributed by atoms with van der Waals surface area (Å²) in [7, 11) is 0. The molecule has 4 aromatic rings. The number of aromatic amines is 1. The molecule has 7 nitrogen and oxygen atoms in total. The van der Waals surface area contributed by atoms with Crippen LogP contribution in [0.25, 0.3) is 11.3 Å². The zero-order valence-corrected chi connectivity index (χ0v) is 19.7. The largest absolute Gasteiger partial charge is 0.507 e. The molecular weight excluding hydrogens is 440 g/mol. The van der Waals surface area contributed by atoms with Gasteiger partial charge in [-0.05, 0) is 60.4 Å². The van der Waals surface area contributed by atoms with E-state index in [0.717, 1.165) is 27.8 Å². The fourth-order valence-corrected chi connectivity index (χ4v) is 4.67. The Morgan fingerprint density at radius 3 is 2.83 bits per heavy atom. The molecule has 0 spiro atoms. The summed E-state index contributed by atoms with van der Waals surface area (Å²) in [6.45, 7) is 8.30. The van der Waals surface area contributed by atoms with Crippen molar-refractivity contribution < 1.29 is 14.6 Å². The molecule has 1 aliphatic heterocycles. The van der Waals surface area contributed by atoms with Gasteiger partial charge in [-0.3, -0.25) is 14.9 Å². The quantitative estimate of drug-likeness (QED) is 0.370. The lowest BCUT2D eigenvalue weighted by Gasteiger charge is -2.27. The molecule has 0 radical (unpaired) electrons. The molecule has 0 bridgehead atoms. The number of nitrogens with one attached hydrogen (secondary N) is 1. The number of aryl methyl sites for hydroxylation is 2. The number of aromatic nitrogens is 3. The lowest BCUT2D eigenvalue weighted by atomic mass is 9.94. The molecule has 2 aromatic heterocycles. The molecule has 5 rings (SSSR count). The molecule has 0 saturated carbocycles. The third-order valence-corrected chi connectivity index (χ3v) is 6.18. The van der Waals surface area contributed by atoms with Crippen molar-refractivity contribution in [1.82, 2.24) is 20.1 Å². The van der Waals surface area contributed by atoms with E-state index in [-0.39, 0.29) is 11.7 Å². The lowest BCUT2D eigenvalue weighted by Crippen LogP contribution is -2.29. The van der Waals surface area contributed by atoms with Crippen LogP contribution < -0.4 is 4.74 Å². The van der Waals surface area contributed by atoms with E-state index in [1.54, 1.807) is 23.4 Å². The minimum atomic E-state index is -0.432. The highest BCUT2D eigenvalue weighted by Crippen LogP contribution is 2.46. The number of carbonyl (C=O) groups is 1. The SMILES string of the molecule is C=CCOc1cccc(C2c3c(-c4cc(C)cc(C)c4O)n[nH]c3C(=O)N2Cc2cccnc2)c1. The Kier molecular flexibility index (Phi) is 5.82. The second-order valence-corrected chi connectivity index (χ2v) is 8.71. The Bertz CT molecular complexity index is 1410. The van der Waals surface area contributed by atoms with Gasteiger partial charge in [0.05, 0.1) is 6.04 Å². The highest BCUT2D eigenvalue weighted by Gasteiger charge is 2.42. The van der Waals surface area contributed by atoms with Gasteiger partial charge in [0, 0.05) is 30.1 Å². The van der Waals surface area contributed by atoms with E-state index < -0.39 is 6.04 Å². The van der Waals surface area contributed by atoms with Crippen LogP contribution in [0.5, 0.6) is 11.5 Å². The number of hydrogen-bond donors (Lipinski definition) is 2. The van der Waals surface area contributed by atoms with Crippen molar-refractivity contribution in [3.05, 3.63) is 107 Å². The van der Waals surface area contributed by atoms with Gasteiger partial charge in [-0.25, -0.2) is 0 Å². The number of phenols is 1. The molecule has 2 N–H and O–H groups in total. The van der Waals surface area contributed by atoms with E-state index in [1.165, 1.54) is 0 Å². The first-order valence-corrected chi connectivity index (χ1v) is 11.4. The average molecular weight is 467 g/mol. The molecule has 3 heterocycles. The zero-order chi connectivity index (χ0) is 24.5. The van der Waals surface area contributed by atoms with Crippen LogP contribution in [-0.2, 0) is 6.54 Å². The van der Waals surface area contributed by atoms with Gasteiger partial charge in [0.2, 0.25) is 0 Å². The highest BCUT2D eigenvalue weighted by atomic mass is 16.5. The summed E-state index contributed by atoms with van der Waals surface area (Å²) < 4.78 is 5.78. The third kappa shape index (κ3) is 4.05. The van der Waals surface area contributed by atoms with E-state index in [2.05, 4.69) is 21.8 Å². The van der Waals surface area contributed by atoms with Crippen LogP contribution in [0.2, 0.25) is 0 Å². The number of hydrogen-bond acceptors (Lipinski definition) is 5. The molecule has 1 amide bonds. The molecule has 2 aromatic carbocycles. The standard InChI is InChI=1S/C28H26N4O3/c1-4-11-35-21-9-5-8-20(14-21)26-23-24(22-13-17(2)12-18(3)27(22)33)30-31-25(23)28(34)32(26)16-19-7-6-10-29-15-19/h4-10,12-15,26,33H,1,11,16H2,2-3H3,(H,30,31). The summed E-state index contributed by atoms with van der Waals surface area (Å²) in [5, 5.41) is 18.4. The van der Waals surface area contributed by atoms with Crippen LogP contribution in [-0.4, -0.2) is 37.7 Å². The first kappa shape index (κ1) is 22.4. The van der Waals surface area contributed by atoms with Crippen LogP contribution in [0.3, 0.4) is 0 Å². The van der Waals surface area contributed by atoms with Crippen molar-refractivity contribution in [2.45, 2.75) is 26.4 Å². The Labute approximate surface area is 203 Å². The van der Waals surface area contributed by atoms with Gasteiger partial charge in [0.25, 0.3) is 5.91 Å². The molecule has 0 saturated heterocycles. The molecule has 0 aliphatic carbocycles. The number of phenolic OH excluding ortho intramolecular Hbond substituents is 1. The number of ether oxygens (including phenoxy) is 1. The normalized spacial score (nSPS) is 14.7. The predicted molar refractivity (Wildman–Crippen MR) is 133 cm³/mol. The minimum Gasteiger partial charge on any atom is -0.507 e. The number of aromatic hydroxyl groups is 1. The summed E-state index contributed by atoms with van der Waals surface area (Å²) in [5.41, 5.74) is 5.87. The number of pyridine rings is 1. The first-order chi connectivity index (χ1) is 17.0. The number of amides is 1. The van der Waals surface area contributed by atoms with Crippen molar-refractivity contribution in [1.29, 1.82) is 0 Å². The maximum Gasteiger partial charge on any atom is 0.273 e.